The van der Waals surface area contributed by atoms with Gasteiger partial charge >= 0.3 is 0 Å². The van der Waals surface area contributed by atoms with Crippen LogP contribution in [0, 0.1) is 13.8 Å². The van der Waals surface area contributed by atoms with Crippen LogP contribution in [-0.4, -0.2) is 16.1 Å². The number of hydrogen-bond acceptors (Lipinski definition) is 2. The molecule has 0 fully saturated rings. The number of hydrogen-bond donors (Lipinski definition) is 1. The first kappa shape index (κ1) is 10.5. The highest BCUT2D eigenvalue weighted by atomic mass is 15.1. The molecule has 1 aliphatic rings. The molecule has 2 heterocycles. The summed E-state index contributed by atoms with van der Waals surface area (Å²) in [4.78, 5) is 4.49. The van der Waals surface area contributed by atoms with Crippen molar-refractivity contribution < 1.29 is 0 Å². The van der Waals surface area contributed by atoms with E-state index >= 15 is 0 Å². The van der Waals surface area contributed by atoms with Crippen LogP contribution in [0.1, 0.15) is 22.5 Å². The molecule has 0 saturated heterocycles. The molecule has 1 N–H and O–H groups in total. The van der Waals surface area contributed by atoms with Crippen LogP contribution >= 0.6 is 0 Å². The van der Waals surface area contributed by atoms with E-state index < -0.39 is 0 Å². The predicted octanol–water partition coefficient (Wildman–Crippen LogP) is 2.13. The minimum atomic E-state index is 0.896. The van der Waals surface area contributed by atoms with Gasteiger partial charge in [0.05, 0.1) is 12.0 Å². The number of nitrogens with zero attached hydrogens (tertiary/aromatic N) is 2. The molecule has 3 nitrogen and oxygen atoms in total. The van der Waals surface area contributed by atoms with E-state index in [0.29, 0.717) is 0 Å². The summed E-state index contributed by atoms with van der Waals surface area (Å²) in [5, 5.41) is 3.35. The Hall–Kier alpha value is -1.61. The average Bonchev–Trinajstić information content (AvgIpc) is 2.76. The first-order valence-electron chi connectivity index (χ1n) is 6.09. The Morgan fingerprint density at radius 2 is 2.12 bits per heavy atom. The van der Waals surface area contributed by atoms with E-state index in [1.54, 1.807) is 0 Å². The van der Waals surface area contributed by atoms with Crippen LogP contribution in [0.5, 0.6) is 0 Å². The number of fused-ring (bicyclic) bond motifs is 1. The lowest BCUT2D eigenvalue weighted by Gasteiger charge is -2.15. The number of imidazole rings is 1. The number of aryl methyl sites for hydroxylation is 2. The van der Waals surface area contributed by atoms with Gasteiger partial charge in [-0.1, -0.05) is 6.07 Å². The normalized spacial score (nSPS) is 14.7. The zero-order valence-electron chi connectivity index (χ0n) is 10.3. The molecule has 17 heavy (non-hydrogen) atoms. The number of rotatable bonds is 1. The third-order valence-electron chi connectivity index (χ3n) is 3.55. The average molecular weight is 227 g/mol. The van der Waals surface area contributed by atoms with Gasteiger partial charge < -0.3 is 9.88 Å². The maximum absolute atomic E-state index is 4.49. The maximum atomic E-state index is 4.49. The van der Waals surface area contributed by atoms with Crippen molar-refractivity contribution >= 4 is 0 Å². The Bertz CT molecular complexity index is 555. The lowest BCUT2D eigenvalue weighted by atomic mass is 10.1. The van der Waals surface area contributed by atoms with E-state index in [4.69, 9.17) is 0 Å². The van der Waals surface area contributed by atoms with Crippen molar-refractivity contribution in [2.45, 2.75) is 26.8 Å². The summed E-state index contributed by atoms with van der Waals surface area (Å²) in [6.07, 6.45) is 3.00. The molecule has 3 rings (SSSR count). The summed E-state index contributed by atoms with van der Waals surface area (Å²) in [6, 6.07) is 6.59. The van der Waals surface area contributed by atoms with Crippen LogP contribution in [0.2, 0.25) is 0 Å². The largest absolute Gasteiger partial charge is 0.311 e. The van der Waals surface area contributed by atoms with Crippen LogP contribution in [0.25, 0.3) is 5.69 Å². The molecule has 0 amide bonds. The predicted molar refractivity (Wildman–Crippen MR) is 68.4 cm³/mol. The standard InChI is InChI=1S/C14H17N3/c1-10-3-4-12(7-11(10)2)17-9-16-13-8-15-6-5-14(13)17/h3-4,7,9,15H,5-6,8H2,1-2H3. The molecule has 0 unspecified atom stereocenters. The maximum Gasteiger partial charge on any atom is 0.0998 e. The Balaban J connectivity index is 2.09. The Morgan fingerprint density at radius 1 is 1.24 bits per heavy atom. The molecule has 0 spiro atoms. The Kier molecular flexibility index (Phi) is 2.48. The minimum Gasteiger partial charge on any atom is -0.311 e. The first-order valence-corrected chi connectivity index (χ1v) is 6.09. The molecule has 0 saturated carbocycles. The fourth-order valence-electron chi connectivity index (χ4n) is 2.33. The van der Waals surface area contributed by atoms with E-state index in [9.17, 15) is 0 Å². The van der Waals surface area contributed by atoms with Crippen molar-refractivity contribution in [3.8, 4) is 5.69 Å². The molecule has 1 aromatic carbocycles. The molecular weight excluding hydrogens is 210 g/mol. The number of nitrogens with one attached hydrogen (secondary N) is 1. The third-order valence-corrected chi connectivity index (χ3v) is 3.55. The van der Waals surface area contributed by atoms with Crippen molar-refractivity contribution in [1.29, 1.82) is 0 Å². The molecular formula is C14H17N3. The minimum absolute atomic E-state index is 0.896. The van der Waals surface area contributed by atoms with Crippen LogP contribution < -0.4 is 5.32 Å². The summed E-state index contributed by atoms with van der Waals surface area (Å²) in [7, 11) is 0. The highest BCUT2D eigenvalue weighted by molar-refractivity contribution is 5.42. The van der Waals surface area contributed by atoms with Crippen LogP contribution in [0.3, 0.4) is 0 Å². The number of benzene rings is 1. The van der Waals surface area contributed by atoms with Crippen molar-refractivity contribution in [1.82, 2.24) is 14.9 Å². The first-order chi connectivity index (χ1) is 8.25. The lowest BCUT2D eigenvalue weighted by molar-refractivity contribution is 0.620. The molecule has 1 aliphatic heterocycles. The smallest absolute Gasteiger partial charge is 0.0998 e. The van der Waals surface area contributed by atoms with Gasteiger partial charge in [0, 0.05) is 30.9 Å². The van der Waals surface area contributed by atoms with Gasteiger partial charge in [0.1, 0.15) is 0 Å². The lowest BCUT2D eigenvalue weighted by Crippen LogP contribution is -2.24. The van der Waals surface area contributed by atoms with Crippen molar-refractivity contribution in [2.24, 2.45) is 0 Å². The summed E-state index contributed by atoms with van der Waals surface area (Å²) < 4.78 is 2.22. The summed E-state index contributed by atoms with van der Waals surface area (Å²) in [5.41, 5.74) is 6.44. The molecule has 0 bridgehead atoms. The van der Waals surface area contributed by atoms with Gasteiger partial charge in [-0.05, 0) is 37.1 Å². The van der Waals surface area contributed by atoms with Crippen LogP contribution in [0.4, 0.5) is 0 Å². The summed E-state index contributed by atoms with van der Waals surface area (Å²) in [5.74, 6) is 0. The van der Waals surface area contributed by atoms with Gasteiger partial charge in [0.15, 0.2) is 0 Å². The Labute approximate surface area is 101 Å². The molecule has 0 aliphatic carbocycles. The third kappa shape index (κ3) is 1.76. The second-order valence-electron chi connectivity index (χ2n) is 4.70. The molecule has 0 atom stereocenters. The zero-order chi connectivity index (χ0) is 11.8. The SMILES string of the molecule is Cc1ccc(-n2cnc3c2CCNC3)cc1C. The summed E-state index contributed by atoms with van der Waals surface area (Å²) >= 11 is 0. The highest BCUT2D eigenvalue weighted by Crippen LogP contribution is 2.20. The summed E-state index contributed by atoms with van der Waals surface area (Å²) in [6.45, 7) is 6.24. The van der Waals surface area contributed by atoms with Crippen molar-refractivity contribution in [3.05, 3.63) is 47.0 Å². The quantitative estimate of drug-likeness (QED) is 0.809. The van der Waals surface area contributed by atoms with Gasteiger partial charge in [-0.3, -0.25) is 0 Å². The van der Waals surface area contributed by atoms with Crippen molar-refractivity contribution in [3.63, 3.8) is 0 Å². The molecule has 88 valence electrons. The van der Waals surface area contributed by atoms with Crippen LogP contribution in [-0.2, 0) is 13.0 Å². The number of aromatic nitrogens is 2. The molecule has 1 aromatic heterocycles. The molecule has 3 heteroatoms. The monoisotopic (exact) mass is 227 g/mol. The van der Waals surface area contributed by atoms with E-state index in [0.717, 1.165) is 19.5 Å². The van der Waals surface area contributed by atoms with Gasteiger partial charge in [0.25, 0.3) is 0 Å². The van der Waals surface area contributed by atoms with E-state index in [2.05, 4.69) is 46.9 Å². The molecule has 2 aromatic rings. The zero-order valence-corrected chi connectivity index (χ0v) is 10.3. The molecule has 0 radical (unpaired) electrons. The van der Waals surface area contributed by atoms with Gasteiger partial charge in [0.2, 0.25) is 0 Å². The highest BCUT2D eigenvalue weighted by Gasteiger charge is 2.15. The second kappa shape index (κ2) is 4.00. The Morgan fingerprint density at radius 3 is 2.94 bits per heavy atom. The fraction of sp³-hybridized carbons (Fsp3) is 0.357. The van der Waals surface area contributed by atoms with E-state index in [1.165, 1.54) is 28.2 Å². The van der Waals surface area contributed by atoms with Gasteiger partial charge in [-0.2, -0.15) is 0 Å². The van der Waals surface area contributed by atoms with Crippen molar-refractivity contribution in [2.75, 3.05) is 6.54 Å². The van der Waals surface area contributed by atoms with E-state index in [1.807, 2.05) is 6.33 Å². The van der Waals surface area contributed by atoms with E-state index in [-0.39, 0.29) is 0 Å². The van der Waals surface area contributed by atoms with Gasteiger partial charge in [-0.25, -0.2) is 4.98 Å². The van der Waals surface area contributed by atoms with Gasteiger partial charge in [-0.15, -0.1) is 0 Å². The van der Waals surface area contributed by atoms with Crippen LogP contribution in [0.15, 0.2) is 24.5 Å². The topological polar surface area (TPSA) is 29.9 Å². The fourth-order valence-corrected chi connectivity index (χ4v) is 2.33. The second-order valence-corrected chi connectivity index (χ2v) is 4.70.